The van der Waals surface area contributed by atoms with E-state index in [-0.39, 0.29) is 25.2 Å². The minimum Gasteiger partial charge on any atom is -0.454 e. The molecule has 3 aromatic rings. The van der Waals surface area contributed by atoms with Gasteiger partial charge >= 0.3 is 0 Å². The molecule has 1 aromatic heterocycles. The number of nitrogens with one attached hydrogen (secondary N) is 3. The number of para-hydroxylation sites is 1. The SMILES string of the molecule is Cc1cc(NC(=O)CNc2ccccc2C(=O)NCc2ccc3c(c2)OCO3)no1. The standard InChI is InChI=1S/C21H20N4O5/c1-13-8-19(25-30-13)24-20(26)11-22-16-5-3-2-4-15(16)21(27)23-10-14-6-7-17-18(9-14)29-12-28-17/h2-9,22H,10-12H2,1H3,(H,23,27)(H,24,25,26). The Hall–Kier alpha value is -4.01. The highest BCUT2D eigenvalue weighted by Gasteiger charge is 2.15. The van der Waals surface area contributed by atoms with Crippen LogP contribution in [-0.4, -0.2) is 30.3 Å². The summed E-state index contributed by atoms with van der Waals surface area (Å²) in [5, 5.41) is 12.2. The second-order valence-electron chi connectivity index (χ2n) is 6.64. The number of benzene rings is 2. The molecule has 2 aromatic carbocycles. The van der Waals surface area contributed by atoms with Gasteiger partial charge in [0.05, 0.1) is 12.1 Å². The summed E-state index contributed by atoms with van der Waals surface area (Å²) in [4.78, 5) is 24.8. The Morgan fingerprint density at radius 3 is 2.73 bits per heavy atom. The van der Waals surface area contributed by atoms with Gasteiger partial charge in [0.25, 0.3) is 5.91 Å². The van der Waals surface area contributed by atoms with Crippen LogP contribution in [0.15, 0.2) is 53.1 Å². The summed E-state index contributed by atoms with van der Waals surface area (Å²) in [6.07, 6.45) is 0. The van der Waals surface area contributed by atoms with Gasteiger partial charge in [-0.05, 0) is 36.8 Å². The van der Waals surface area contributed by atoms with E-state index in [0.717, 1.165) is 5.56 Å². The number of ether oxygens (including phenoxy) is 2. The number of rotatable bonds is 7. The molecule has 9 heteroatoms. The van der Waals surface area contributed by atoms with Gasteiger partial charge in [0, 0.05) is 18.3 Å². The Bertz CT molecular complexity index is 1080. The summed E-state index contributed by atoms with van der Waals surface area (Å²) in [5.74, 6) is 1.73. The van der Waals surface area contributed by atoms with Gasteiger partial charge in [-0.3, -0.25) is 9.59 Å². The van der Waals surface area contributed by atoms with Crippen molar-refractivity contribution in [1.82, 2.24) is 10.5 Å². The number of fused-ring (bicyclic) bond motifs is 1. The maximum atomic E-state index is 12.7. The minimum atomic E-state index is -0.307. The van der Waals surface area contributed by atoms with Crippen molar-refractivity contribution in [3.05, 3.63) is 65.4 Å². The molecule has 0 aliphatic carbocycles. The summed E-state index contributed by atoms with van der Waals surface area (Å²) in [6, 6.07) is 14.1. The summed E-state index contributed by atoms with van der Waals surface area (Å²) >= 11 is 0. The first-order valence-corrected chi connectivity index (χ1v) is 9.31. The fraction of sp³-hybridized carbons (Fsp3) is 0.190. The second kappa shape index (κ2) is 8.56. The Labute approximate surface area is 172 Å². The lowest BCUT2D eigenvalue weighted by atomic mass is 10.1. The van der Waals surface area contributed by atoms with Crippen molar-refractivity contribution in [2.24, 2.45) is 0 Å². The number of nitrogens with zero attached hydrogens (tertiary/aromatic N) is 1. The third kappa shape index (κ3) is 4.52. The zero-order valence-electron chi connectivity index (χ0n) is 16.2. The zero-order valence-corrected chi connectivity index (χ0v) is 16.2. The maximum absolute atomic E-state index is 12.7. The quantitative estimate of drug-likeness (QED) is 0.551. The molecule has 0 spiro atoms. The van der Waals surface area contributed by atoms with Gasteiger partial charge in [-0.25, -0.2) is 0 Å². The van der Waals surface area contributed by atoms with Crippen LogP contribution in [0.1, 0.15) is 21.7 Å². The summed E-state index contributed by atoms with van der Waals surface area (Å²) in [6.45, 7) is 2.24. The number of aromatic nitrogens is 1. The molecule has 0 unspecified atom stereocenters. The molecule has 0 radical (unpaired) electrons. The van der Waals surface area contributed by atoms with Crippen LogP contribution in [0.25, 0.3) is 0 Å². The van der Waals surface area contributed by atoms with E-state index in [2.05, 4.69) is 21.1 Å². The van der Waals surface area contributed by atoms with E-state index in [1.54, 1.807) is 37.3 Å². The van der Waals surface area contributed by atoms with Crippen LogP contribution in [0.2, 0.25) is 0 Å². The fourth-order valence-corrected chi connectivity index (χ4v) is 2.95. The van der Waals surface area contributed by atoms with E-state index in [9.17, 15) is 9.59 Å². The molecular formula is C21H20N4O5. The van der Waals surface area contributed by atoms with Crippen LogP contribution < -0.4 is 25.4 Å². The highest BCUT2D eigenvalue weighted by atomic mass is 16.7. The molecule has 2 amide bonds. The summed E-state index contributed by atoms with van der Waals surface area (Å²) < 4.78 is 15.6. The van der Waals surface area contributed by atoms with Gasteiger partial charge in [-0.1, -0.05) is 23.4 Å². The van der Waals surface area contributed by atoms with Crippen molar-refractivity contribution in [3.8, 4) is 11.5 Å². The van der Waals surface area contributed by atoms with E-state index in [0.29, 0.717) is 40.9 Å². The molecule has 0 saturated heterocycles. The van der Waals surface area contributed by atoms with Crippen LogP contribution in [-0.2, 0) is 11.3 Å². The molecule has 0 bridgehead atoms. The predicted octanol–water partition coefficient (Wildman–Crippen LogP) is 2.69. The molecule has 0 fully saturated rings. The Morgan fingerprint density at radius 1 is 1.07 bits per heavy atom. The number of anilines is 2. The first kappa shape index (κ1) is 19.3. The fourth-order valence-electron chi connectivity index (χ4n) is 2.95. The summed E-state index contributed by atoms with van der Waals surface area (Å²) in [5.41, 5.74) is 1.87. The zero-order chi connectivity index (χ0) is 20.9. The van der Waals surface area contributed by atoms with Crippen molar-refractivity contribution in [3.63, 3.8) is 0 Å². The number of amides is 2. The average Bonchev–Trinajstić information content (AvgIpc) is 3.38. The number of aryl methyl sites for hydroxylation is 1. The van der Waals surface area contributed by atoms with Gasteiger partial charge < -0.3 is 29.9 Å². The van der Waals surface area contributed by atoms with Crippen molar-refractivity contribution in [2.45, 2.75) is 13.5 Å². The van der Waals surface area contributed by atoms with E-state index in [1.165, 1.54) is 0 Å². The molecule has 9 nitrogen and oxygen atoms in total. The Morgan fingerprint density at radius 2 is 1.90 bits per heavy atom. The highest BCUT2D eigenvalue weighted by Crippen LogP contribution is 2.32. The van der Waals surface area contributed by atoms with E-state index < -0.39 is 0 Å². The molecule has 0 atom stereocenters. The number of carbonyl (C=O) groups is 2. The first-order valence-electron chi connectivity index (χ1n) is 9.31. The third-order valence-electron chi connectivity index (χ3n) is 4.40. The molecule has 1 aliphatic rings. The van der Waals surface area contributed by atoms with Crippen LogP contribution in [0.5, 0.6) is 11.5 Å². The topological polar surface area (TPSA) is 115 Å². The van der Waals surface area contributed by atoms with E-state index in [4.69, 9.17) is 14.0 Å². The Kier molecular flexibility index (Phi) is 5.51. The largest absolute Gasteiger partial charge is 0.454 e. The highest BCUT2D eigenvalue weighted by molar-refractivity contribution is 6.00. The lowest BCUT2D eigenvalue weighted by molar-refractivity contribution is -0.114. The van der Waals surface area contributed by atoms with Crippen LogP contribution in [0, 0.1) is 6.92 Å². The minimum absolute atomic E-state index is 0.0294. The smallest absolute Gasteiger partial charge is 0.253 e. The maximum Gasteiger partial charge on any atom is 0.253 e. The van der Waals surface area contributed by atoms with Crippen molar-refractivity contribution in [2.75, 3.05) is 24.0 Å². The lowest BCUT2D eigenvalue weighted by Crippen LogP contribution is -2.26. The molecule has 2 heterocycles. The second-order valence-corrected chi connectivity index (χ2v) is 6.64. The number of hydrogen-bond donors (Lipinski definition) is 3. The molecule has 30 heavy (non-hydrogen) atoms. The predicted molar refractivity (Wildman–Crippen MR) is 109 cm³/mol. The number of carbonyl (C=O) groups excluding carboxylic acids is 2. The van der Waals surface area contributed by atoms with Gasteiger partial charge in [0.1, 0.15) is 5.76 Å². The first-order chi connectivity index (χ1) is 14.6. The van der Waals surface area contributed by atoms with Gasteiger partial charge in [0.2, 0.25) is 12.7 Å². The molecule has 154 valence electrons. The van der Waals surface area contributed by atoms with Crippen LogP contribution in [0.3, 0.4) is 0 Å². The normalized spacial score (nSPS) is 11.8. The van der Waals surface area contributed by atoms with Crippen molar-refractivity contribution in [1.29, 1.82) is 0 Å². The molecule has 3 N–H and O–H groups in total. The van der Waals surface area contributed by atoms with Gasteiger partial charge in [-0.2, -0.15) is 0 Å². The third-order valence-corrected chi connectivity index (χ3v) is 4.40. The molecule has 1 aliphatic heterocycles. The van der Waals surface area contributed by atoms with Crippen molar-refractivity contribution >= 4 is 23.3 Å². The van der Waals surface area contributed by atoms with Crippen LogP contribution in [0.4, 0.5) is 11.5 Å². The average molecular weight is 408 g/mol. The molecule has 0 saturated carbocycles. The van der Waals surface area contributed by atoms with Gasteiger partial charge in [0.15, 0.2) is 17.3 Å². The van der Waals surface area contributed by atoms with E-state index in [1.807, 2.05) is 18.2 Å². The summed E-state index contributed by atoms with van der Waals surface area (Å²) in [7, 11) is 0. The van der Waals surface area contributed by atoms with E-state index >= 15 is 0 Å². The Balaban J connectivity index is 1.35. The van der Waals surface area contributed by atoms with Crippen LogP contribution >= 0.6 is 0 Å². The molecular weight excluding hydrogens is 388 g/mol. The molecule has 4 rings (SSSR count). The van der Waals surface area contributed by atoms with Gasteiger partial charge in [-0.15, -0.1) is 0 Å². The lowest BCUT2D eigenvalue weighted by Gasteiger charge is -2.12. The monoisotopic (exact) mass is 408 g/mol. The van der Waals surface area contributed by atoms with Crippen molar-refractivity contribution < 1.29 is 23.6 Å². The number of hydrogen-bond acceptors (Lipinski definition) is 7.